The first kappa shape index (κ1) is 15.1. The van der Waals surface area contributed by atoms with Crippen molar-refractivity contribution in [3.8, 4) is 0 Å². The van der Waals surface area contributed by atoms with E-state index in [4.69, 9.17) is 0 Å². The van der Waals surface area contributed by atoms with Crippen LogP contribution < -0.4 is 5.32 Å². The number of rotatable bonds is 5. The van der Waals surface area contributed by atoms with Crippen LogP contribution in [0.25, 0.3) is 5.52 Å². The number of pyridine rings is 1. The number of aliphatic hydroxyl groups excluding tert-OH is 1. The van der Waals surface area contributed by atoms with Gasteiger partial charge in [0.2, 0.25) is 0 Å². The summed E-state index contributed by atoms with van der Waals surface area (Å²) < 4.78 is 1.99. The zero-order valence-corrected chi connectivity index (χ0v) is 12.9. The predicted octanol–water partition coefficient (Wildman–Crippen LogP) is 2.78. The summed E-state index contributed by atoms with van der Waals surface area (Å²) in [6.07, 6.45) is 8.87. The fourth-order valence-corrected chi connectivity index (χ4v) is 3.44. The minimum Gasteiger partial charge on any atom is -0.396 e. The fraction of sp³-hybridized carbons (Fsp3) is 0.500. The van der Waals surface area contributed by atoms with Gasteiger partial charge in [0.05, 0.1) is 11.1 Å². The maximum absolute atomic E-state index is 12.5. The van der Waals surface area contributed by atoms with Crippen LogP contribution in [-0.4, -0.2) is 28.6 Å². The maximum atomic E-state index is 12.5. The first-order valence-corrected chi connectivity index (χ1v) is 8.27. The van der Waals surface area contributed by atoms with E-state index >= 15 is 0 Å². The Morgan fingerprint density at radius 2 is 2.09 bits per heavy atom. The second-order valence-electron chi connectivity index (χ2n) is 6.19. The third kappa shape index (κ3) is 3.17. The summed E-state index contributed by atoms with van der Waals surface area (Å²) in [6, 6.07) is 7.74. The molecule has 0 aromatic carbocycles. The van der Waals surface area contributed by atoms with Crippen LogP contribution in [0.3, 0.4) is 0 Å². The SMILES string of the molecule is O=C(NCC1CCCCC1)c1cc(CCO)n2ccccc12. The minimum atomic E-state index is -0.00142. The zero-order valence-electron chi connectivity index (χ0n) is 12.9. The lowest BCUT2D eigenvalue weighted by molar-refractivity contribution is 0.0945. The number of hydrogen-bond acceptors (Lipinski definition) is 2. The molecule has 2 heterocycles. The normalized spacial score (nSPS) is 16.0. The molecule has 4 heteroatoms. The average molecular weight is 300 g/mol. The second-order valence-corrected chi connectivity index (χ2v) is 6.19. The number of aliphatic hydroxyl groups is 1. The summed E-state index contributed by atoms with van der Waals surface area (Å²) in [4.78, 5) is 12.5. The van der Waals surface area contributed by atoms with Gasteiger partial charge in [-0.15, -0.1) is 0 Å². The standard InChI is InChI=1S/C18H24N2O2/c21-11-9-15-12-16(17-8-4-5-10-20(15)17)18(22)19-13-14-6-2-1-3-7-14/h4-5,8,10,12,14,21H,1-3,6-7,9,11,13H2,(H,19,22). The first-order chi connectivity index (χ1) is 10.8. The molecule has 0 aliphatic heterocycles. The van der Waals surface area contributed by atoms with Gasteiger partial charge in [0, 0.05) is 31.5 Å². The molecule has 1 aliphatic rings. The molecule has 1 saturated carbocycles. The Hall–Kier alpha value is -1.81. The number of carbonyl (C=O) groups excluding carboxylic acids is 1. The van der Waals surface area contributed by atoms with E-state index in [1.807, 2.05) is 34.9 Å². The van der Waals surface area contributed by atoms with Gasteiger partial charge in [0.25, 0.3) is 5.91 Å². The van der Waals surface area contributed by atoms with E-state index in [-0.39, 0.29) is 12.5 Å². The van der Waals surface area contributed by atoms with Crippen molar-refractivity contribution in [1.29, 1.82) is 0 Å². The van der Waals surface area contributed by atoms with Crippen LogP contribution in [0.1, 0.15) is 48.2 Å². The topological polar surface area (TPSA) is 53.7 Å². The van der Waals surface area contributed by atoms with Gasteiger partial charge < -0.3 is 14.8 Å². The van der Waals surface area contributed by atoms with Crippen LogP contribution in [0.15, 0.2) is 30.5 Å². The highest BCUT2D eigenvalue weighted by molar-refractivity contribution is 6.01. The highest BCUT2D eigenvalue weighted by Crippen LogP contribution is 2.23. The lowest BCUT2D eigenvalue weighted by Crippen LogP contribution is -2.30. The molecule has 118 valence electrons. The van der Waals surface area contributed by atoms with E-state index in [9.17, 15) is 9.90 Å². The zero-order chi connectivity index (χ0) is 15.4. The molecule has 0 unspecified atom stereocenters. The molecule has 1 fully saturated rings. The van der Waals surface area contributed by atoms with Crippen LogP contribution in [0.5, 0.6) is 0 Å². The maximum Gasteiger partial charge on any atom is 0.253 e. The van der Waals surface area contributed by atoms with Gasteiger partial charge in [-0.05, 0) is 37.0 Å². The minimum absolute atomic E-state index is 0.00142. The smallest absolute Gasteiger partial charge is 0.253 e. The van der Waals surface area contributed by atoms with E-state index in [2.05, 4.69) is 5.32 Å². The van der Waals surface area contributed by atoms with Crippen molar-refractivity contribution in [1.82, 2.24) is 9.72 Å². The summed E-state index contributed by atoms with van der Waals surface area (Å²) in [5.41, 5.74) is 2.59. The first-order valence-electron chi connectivity index (χ1n) is 8.27. The Kier molecular flexibility index (Phi) is 4.78. The molecule has 2 aromatic rings. The third-order valence-electron chi connectivity index (χ3n) is 4.64. The molecule has 1 amide bonds. The Morgan fingerprint density at radius 3 is 2.86 bits per heavy atom. The van der Waals surface area contributed by atoms with Crippen molar-refractivity contribution < 1.29 is 9.90 Å². The van der Waals surface area contributed by atoms with Gasteiger partial charge in [0.15, 0.2) is 0 Å². The molecule has 0 spiro atoms. The third-order valence-corrected chi connectivity index (χ3v) is 4.64. The van der Waals surface area contributed by atoms with Crippen LogP contribution in [0, 0.1) is 5.92 Å². The molecule has 0 atom stereocenters. The molecule has 3 rings (SSSR count). The number of hydrogen-bond donors (Lipinski definition) is 2. The van der Waals surface area contributed by atoms with Gasteiger partial charge in [-0.2, -0.15) is 0 Å². The fourth-order valence-electron chi connectivity index (χ4n) is 3.44. The van der Waals surface area contributed by atoms with E-state index in [0.717, 1.165) is 17.8 Å². The van der Waals surface area contributed by atoms with Crippen molar-refractivity contribution in [3.05, 3.63) is 41.7 Å². The van der Waals surface area contributed by atoms with Crippen molar-refractivity contribution in [3.63, 3.8) is 0 Å². The van der Waals surface area contributed by atoms with Gasteiger partial charge in [-0.25, -0.2) is 0 Å². The Morgan fingerprint density at radius 1 is 1.27 bits per heavy atom. The van der Waals surface area contributed by atoms with Gasteiger partial charge in [-0.1, -0.05) is 25.3 Å². The van der Waals surface area contributed by atoms with Crippen LogP contribution in [0.2, 0.25) is 0 Å². The number of nitrogens with one attached hydrogen (secondary N) is 1. The van der Waals surface area contributed by atoms with Gasteiger partial charge >= 0.3 is 0 Å². The van der Waals surface area contributed by atoms with E-state index in [0.29, 0.717) is 17.9 Å². The number of amides is 1. The van der Waals surface area contributed by atoms with Crippen LogP contribution >= 0.6 is 0 Å². The lowest BCUT2D eigenvalue weighted by Gasteiger charge is -2.21. The molecule has 4 nitrogen and oxygen atoms in total. The molecule has 0 bridgehead atoms. The summed E-state index contributed by atoms with van der Waals surface area (Å²) in [6.45, 7) is 0.864. The second kappa shape index (κ2) is 6.97. The van der Waals surface area contributed by atoms with Crippen molar-refractivity contribution >= 4 is 11.4 Å². The van der Waals surface area contributed by atoms with E-state index < -0.39 is 0 Å². The molecule has 0 saturated heterocycles. The molecular weight excluding hydrogens is 276 g/mol. The number of aromatic nitrogens is 1. The summed E-state index contributed by atoms with van der Waals surface area (Å²) >= 11 is 0. The average Bonchev–Trinajstić information content (AvgIpc) is 2.93. The van der Waals surface area contributed by atoms with Crippen LogP contribution in [0.4, 0.5) is 0 Å². The largest absolute Gasteiger partial charge is 0.396 e. The van der Waals surface area contributed by atoms with Crippen molar-refractivity contribution in [2.24, 2.45) is 5.92 Å². The summed E-state index contributed by atoms with van der Waals surface area (Å²) in [7, 11) is 0. The quantitative estimate of drug-likeness (QED) is 0.892. The molecule has 2 aromatic heterocycles. The summed E-state index contributed by atoms with van der Waals surface area (Å²) in [5.74, 6) is 0.627. The van der Waals surface area contributed by atoms with E-state index in [1.54, 1.807) is 0 Å². The molecule has 1 aliphatic carbocycles. The Balaban J connectivity index is 1.75. The predicted molar refractivity (Wildman–Crippen MR) is 87.1 cm³/mol. The Bertz CT molecular complexity index is 642. The number of carbonyl (C=O) groups is 1. The van der Waals surface area contributed by atoms with Gasteiger partial charge in [-0.3, -0.25) is 4.79 Å². The van der Waals surface area contributed by atoms with Crippen molar-refractivity contribution in [2.75, 3.05) is 13.2 Å². The monoisotopic (exact) mass is 300 g/mol. The molecule has 2 N–H and O–H groups in total. The number of fused-ring (bicyclic) bond motifs is 1. The highest BCUT2D eigenvalue weighted by Gasteiger charge is 2.18. The van der Waals surface area contributed by atoms with Crippen molar-refractivity contribution in [2.45, 2.75) is 38.5 Å². The lowest BCUT2D eigenvalue weighted by atomic mass is 9.89. The van der Waals surface area contributed by atoms with Crippen LogP contribution in [-0.2, 0) is 6.42 Å². The number of nitrogens with zero attached hydrogens (tertiary/aromatic N) is 1. The molecule has 0 radical (unpaired) electrons. The summed E-state index contributed by atoms with van der Waals surface area (Å²) in [5, 5.41) is 12.3. The molecule has 22 heavy (non-hydrogen) atoms. The molecular formula is C18H24N2O2. The Labute approximate surface area is 131 Å². The van der Waals surface area contributed by atoms with E-state index in [1.165, 1.54) is 32.1 Å². The van der Waals surface area contributed by atoms with Gasteiger partial charge in [0.1, 0.15) is 0 Å². The highest BCUT2D eigenvalue weighted by atomic mass is 16.3.